The number of hydrogen-bond donors (Lipinski definition) is 1. The summed E-state index contributed by atoms with van der Waals surface area (Å²) >= 11 is 0. The van der Waals surface area contributed by atoms with Crippen LogP contribution in [0.3, 0.4) is 0 Å². The van der Waals surface area contributed by atoms with Crippen LogP contribution >= 0.6 is 0 Å². The molecule has 0 radical (unpaired) electrons. The van der Waals surface area contributed by atoms with Crippen molar-refractivity contribution in [3.63, 3.8) is 0 Å². The van der Waals surface area contributed by atoms with Crippen LogP contribution in [0.5, 0.6) is 11.5 Å². The van der Waals surface area contributed by atoms with Crippen LogP contribution in [0, 0.1) is 11.3 Å². The molecule has 0 fully saturated rings. The minimum atomic E-state index is -0.316. The highest BCUT2D eigenvalue weighted by Gasteiger charge is 2.17. The molecule has 0 aliphatic carbocycles. The van der Waals surface area contributed by atoms with Gasteiger partial charge >= 0.3 is 0 Å². The molecule has 0 atom stereocenters. The van der Waals surface area contributed by atoms with E-state index in [-0.39, 0.29) is 11.4 Å². The smallest absolute Gasteiger partial charge is 0.205 e. The Morgan fingerprint density at radius 3 is 2.71 bits per heavy atom. The zero-order valence-electron chi connectivity index (χ0n) is 16.0. The predicted molar refractivity (Wildman–Crippen MR) is 110 cm³/mol. The number of Topliss-reactive ketones (excluding diaryl/α,β-unsaturated/α-hetero) is 1. The Balaban J connectivity index is 1.94. The van der Waals surface area contributed by atoms with Crippen molar-refractivity contribution < 1.29 is 14.3 Å². The van der Waals surface area contributed by atoms with Gasteiger partial charge < -0.3 is 14.5 Å². The molecule has 0 aliphatic rings. The molecule has 0 bridgehead atoms. The first-order chi connectivity index (χ1) is 13.7. The van der Waals surface area contributed by atoms with Crippen LogP contribution < -0.4 is 9.47 Å². The lowest BCUT2D eigenvalue weighted by Crippen LogP contribution is -2.02. The summed E-state index contributed by atoms with van der Waals surface area (Å²) in [7, 11) is 0. The molecule has 0 unspecified atom stereocenters. The van der Waals surface area contributed by atoms with Crippen LogP contribution in [0.1, 0.15) is 36.2 Å². The molecule has 0 saturated carbocycles. The van der Waals surface area contributed by atoms with Crippen molar-refractivity contribution in [3.05, 3.63) is 65.4 Å². The molecule has 2 aromatic carbocycles. The summed E-state index contributed by atoms with van der Waals surface area (Å²) in [5, 5.41) is 10.4. The van der Waals surface area contributed by atoms with Gasteiger partial charge in [-0.25, -0.2) is 0 Å². The maximum absolute atomic E-state index is 12.9. The van der Waals surface area contributed by atoms with Crippen LogP contribution in [-0.2, 0) is 0 Å². The Bertz CT molecular complexity index is 1060. The minimum Gasteiger partial charge on any atom is -0.490 e. The molecule has 28 heavy (non-hydrogen) atoms. The fourth-order valence-electron chi connectivity index (χ4n) is 2.93. The molecular formula is C23H22N2O3. The third-order valence-electron chi connectivity index (χ3n) is 4.24. The number of para-hydroxylation sites is 1. The summed E-state index contributed by atoms with van der Waals surface area (Å²) in [6.45, 7) is 5.02. The molecule has 0 amide bonds. The SMILES string of the molecule is CCCOc1ccc(/C=C(\C#N)C(=O)c2c[nH]c3ccccc23)cc1OCC. The van der Waals surface area contributed by atoms with E-state index in [1.54, 1.807) is 24.4 Å². The van der Waals surface area contributed by atoms with Gasteiger partial charge in [0.25, 0.3) is 0 Å². The molecular weight excluding hydrogens is 352 g/mol. The van der Waals surface area contributed by atoms with Crippen molar-refractivity contribution in [1.82, 2.24) is 4.98 Å². The Morgan fingerprint density at radius 2 is 1.96 bits per heavy atom. The molecule has 0 aliphatic heterocycles. The Hall–Kier alpha value is -3.52. The van der Waals surface area contributed by atoms with E-state index in [1.165, 1.54) is 0 Å². The lowest BCUT2D eigenvalue weighted by molar-refractivity contribution is 0.104. The van der Waals surface area contributed by atoms with Gasteiger partial charge in [-0.3, -0.25) is 4.79 Å². The van der Waals surface area contributed by atoms with Crippen molar-refractivity contribution in [2.45, 2.75) is 20.3 Å². The second-order valence-corrected chi connectivity index (χ2v) is 6.23. The number of carbonyl (C=O) groups excluding carboxylic acids is 1. The van der Waals surface area contributed by atoms with Gasteiger partial charge in [0, 0.05) is 22.7 Å². The summed E-state index contributed by atoms with van der Waals surface area (Å²) in [5.41, 5.74) is 2.11. The molecule has 3 aromatic rings. The summed E-state index contributed by atoms with van der Waals surface area (Å²) < 4.78 is 11.4. The lowest BCUT2D eigenvalue weighted by Gasteiger charge is -2.12. The van der Waals surface area contributed by atoms with Crippen LogP contribution in [0.4, 0.5) is 0 Å². The van der Waals surface area contributed by atoms with E-state index in [1.807, 2.05) is 50.2 Å². The van der Waals surface area contributed by atoms with Crippen LogP contribution in [-0.4, -0.2) is 24.0 Å². The molecule has 5 nitrogen and oxygen atoms in total. The van der Waals surface area contributed by atoms with E-state index in [2.05, 4.69) is 4.98 Å². The first kappa shape index (κ1) is 19.2. The maximum atomic E-state index is 12.9. The highest BCUT2D eigenvalue weighted by molar-refractivity contribution is 6.19. The van der Waals surface area contributed by atoms with Gasteiger partial charge in [0.05, 0.1) is 13.2 Å². The number of allylic oxidation sites excluding steroid dienone is 1. The number of aromatic nitrogens is 1. The predicted octanol–water partition coefficient (Wildman–Crippen LogP) is 5.15. The van der Waals surface area contributed by atoms with Crippen molar-refractivity contribution in [2.24, 2.45) is 0 Å². The first-order valence-electron chi connectivity index (χ1n) is 9.30. The van der Waals surface area contributed by atoms with Gasteiger partial charge in [-0.15, -0.1) is 0 Å². The molecule has 3 rings (SSSR count). The molecule has 0 saturated heterocycles. The van der Waals surface area contributed by atoms with E-state index < -0.39 is 0 Å². The highest BCUT2D eigenvalue weighted by atomic mass is 16.5. The number of aromatic amines is 1. The summed E-state index contributed by atoms with van der Waals surface area (Å²) in [5.74, 6) is 0.938. The third kappa shape index (κ3) is 4.07. The van der Waals surface area contributed by atoms with Gasteiger partial charge in [-0.2, -0.15) is 5.26 Å². The number of rotatable bonds is 8. The Labute approximate surface area is 164 Å². The fourth-order valence-corrected chi connectivity index (χ4v) is 2.93. The fraction of sp³-hybridized carbons (Fsp3) is 0.217. The number of nitriles is 1. The van der Waals surface area contributed by atoms with Crippen LogP contribution in [0.2, 0.25) is 0 Å². The zero-order chi connectivity index (χ0) is 19.9. The summed E-state index contributed by atoms with van der Waals surface area (Å²) in [6, 6.07) is 14.9. The number of H-pyrrole nitrogens is 1. The number of nitrogens with one attached hydrogen (secondary N) is 1. The maximum Gasteiger partial charge on any atom is 0.205 e. The number of carbonyl (C=O) groups is 1. The number of ketones is 1. The van der Waals surface area contributed by atoms with Gasteiger partial charge in [-0.1, -0.05) is 31.2 Å². The van der Waals surface area contributed by atoms with Crippen molar-refractivity contribution in [1.29, 1.82) is 5.26 Å². The van der Waals surface area contributed by atoms with E-state index in [9.17, 15) is 10.1 Å². The van der Waals surface area contributed by atoms with Crippen LogP contribution in [0.15, 0.2) is 54.2 Å². The summed E-state index contributed by atoms with van der Waals surface area (Å²) in [4.78, 5) is 16.0. The van der Waals surface area contributed by atoms with Gasteiger partial charge in [0.15, 0.2) is 11.5 Å². The number of fused-ring (bicyclic) bond motifs is 1. The quantitative estimate of drug-likeness (QED) is 0.336. The molecule has 142 valence electrons. The average Bonchev–Trinajstić information content (AvgIpc) is 3.15. The number of hydrogen-bond acceptors (Lipinski definition) is 4. The standard InChI is InChI=1S/C23H22N2O3/c1-3-11-28-21-10-9-16(13-22(21)27-4-2)12-17(14-24)23(26)19-15-25-20-8-6-5-7-18(19)20/h5-10,12-13,15,25H,3-4,11H2,1-2H3/b17-12+. The largest absolute Gasteiger partial charge is 0.490 e. The normalized spacial score (nSPS) is 11.2. The highest BCUT2D eigenvalue weighted by Crippen LogP contribution is 2.30. The second kappa shape index (κ2) is 8.92. The lowest BCUT2D eigenvalue weighted by atomic mass is 10.0. The summed E-state index contributed by atoms with van der Waals surface area (Å²) in [6.07, 6.45) is 4.12. The van der Waals surface area contributed by atoms with E-state index in [4.69, 9.17) is 9.47 Å². The van der Waals surface area contributed by atoms with E-state index in [0.717, 1.165) is 17.3 Å². The number of nitrogens with zero attached hydrogens (tertiary/aromatic N) is 1. The molecule has 1 heterocycles. The van der Waals surface area contributed by atoms with Crippen LogP contribution in [0.25, 0.3) is 17.0 Å². The van der Waals surface area contributed by atoms with Gasteiger partial charge in [-0.05, 0) is 43.2 Å². The average molecular weight is 374 g/mol. The Morgan fingerprint density at radius 1 is 1.14 bits per heavy atom. The molecule has 0 spiro atoms. The first-order valence-corrected chi connectivity index (χ1v) is 9.30. The molecule has 1 N–H and O–H groups in total. The van der Waals surface area contributed by atoms with Gasteiger partial charge in [0.1, 0.15) is 11.6 Å². The topological polar surface area (TPSA) is 75.1 Å². The van der Waals surface area contributed by atoms with Crippen molar-refractivity contribution in [2.75, 3.05) is 13.2 Å². The number of ether oxygens (including phenoxy) is 2. The third-order valence-corrected chi connectivity index (χ3v) is 4.24. The molecule has 1 aromatic heterocycles. The van der Waals surface area contributed by atoms with Gasteiger partial charge in [0.2, 0.25) is 5.78 Å². The number of benzene rings is 2. The zero-order valence-corrected chi connectivity index (χ0v) is 16.0. The van der Waals surface area contributed by atoms with Crippen molar-refractivity contribution >= 4 is 22.8 Å². The minimum absolute atomic E-state index is 0.0643. The van der Waals surface area contributed by atoms with E-state index >= 15 is 0 Å². The van der Waals surface area contributed by atoms with Crippen molar-refractivity contribution in [3.8, 4) is 17.6 Å². The molecule has 5 heteroatoms. The Kier molecular flexibility index (Phi) is 6.13. The van der Waals surface area contributed by atoms with E-state index in [0.29, 0.717) is 35.8 Å². The monoisotopic (exact) mass is 374 g/mol. The second-order valence-electron chi connectivity index (χ2n) is 6.23.